The van der Waals surface area contributed by atoms with Crippen LogP contribution in [-0.4, -0.2) is 16.5 Å². The summed E-state index contributed by atoms with van der Waals surface area (Å²) in [5.74, 6) is 0. The maximum atomic E-state index is 4.54. The molecule has 3 nitrogen and oxygen atoms in total. The molecule has 0 fully saturated rings. The molecule has 1 atom stereocenters. The molecule has 0 spiro atoms. The van der Waals surface area contributed by atoms with Crippen LogP contribution in [0.2, 0.25) is 0 Å². The Morgan fingerprint density at radius 1 is 1.19 bits per heavy atom. The van der Waals surface area contributed by atoms with Crippen molar-refractivity contribution in [2.75, 3.05) is 6.54 Å². The molecule has 0 saturated heterocycles. The molecule has 1 aliphatic carbocycles. The first kappa shape index (κ1) is 12.6. The number of nitrogens with zero attached hydrogens (tertiary/aromatic N) is 1. The monoisotopic (exact) mass is 277 g/mol. The van der Waals surface area contributed by atoms with E-state index in [2.05, 4.69) is 51.8 Å². The first-order valence-corrected chi connectivity index (χ1v) is 7.64. The lowest BCUT2D eigenvalue weighted by molar-refractivity contribution is 0.525. The van der Waals surface area contributed by atoms with Gasteiger partial charge in [-0.25, -0.2) is 0 Å². The fourth-order valence-corrected chi connectivity index (χ4v) is 3.33. The zero-order valence-corrected chi connectivity index (χ0v) is 12.0. The standard InChI is InChI=1S/C18H19N3/c1-2-6-16-15(5-1)14(12-21-16)9-11-19-17-8-7-13-4-3-10-20-18(13)17/h1-6,10,12,17,19,21H,7-9,11H2. The summed E-state index contributed by atoms with van der Waals surface area (Å²) < 4.78 is 0. The number of para-hydroxylation sites is 1. The molecule has 4 rings (SSSR count). The molecule has 2 N–H and O–H groups in total. The summed E-state index contributed by atoms with van der Waals surface area (Å²) in [5, 5.41) is 5.00. The topological polar surface area (TPSA) is 40.7 Å². The van der Waals surface area contributed by atoms with Gasteiger partial charge in [-0.05, 0) is 49.1 Å². The van der Waals surface area contributed by atoms with E-state index in [9.17, 15) is 0 Å². The summed E-state index contributed by atoms with van der Waals surface area (Å²) in [6, 6.07) is 13.1. The molecule has 0 amide bonds. The Morgan fingerprint density at radius 3 is 3.14 bits per heavy atom. The number of nitrogens with one attached hydrogen (secondary N) is 2. The summed E-state index contributed by atoms with van der Waals surface area (Å²) in [6.45, 7) is 0.989. The summed E-state index contributed by atoms with van der Waals surface area (Å²) in [6.07, 6.45) is 7.39. The van der Waals surface area contributed by atoms with Crippen molar-refractivity contribution in [1.82, 2.24) is 15.3 Å². The van der Waals surface area contributed by atoms with E-state index >= 15 is 0 Å². The second-order valence-corrected chi connectivity index (χ2v) is 5.70. The van der Waals surface area contributed by atoms with Crippen LogP contribution in [0.5, 0.6) is 0 Å². The van der Waals surface area contributed by atoms with Crippen LogP contribution in [0.3, 0.4) is 0 Å². The minimum atomic E-state index is 0.423. The maximum absolute atomic E-state index is 4.54. The minimum absolute atomic E-state index is 0.423. The van der Waals surface area contributed by atoms with Crippen LogP contribution >= 0.6 is 0 Å². The fourth-order valence-electron chi connectivity index (χ4n) is 3.33. The van der Waals surface area contributed by atoms with Gasteiger partial charge in [-0.3, -0.25) is 4.98 Å². The number of H-pyrrole nitrogens is 1. The SMILES string of the molecule is c1cnc2c(c1)CCC2NCCc1c[nH]c2ccccc12. The molecule has 0 aliphatic heterocycles. The highest BCUT2D eigenvalue weighted by Gasteiger charge is 2.22. The molecule has 106 valence electrons. The number of benzene rings is 1. The molecule has 0 saturated carbocycles. The molecule has 0 bridgehead atoms. The Hall–Kier alpha value is -2.13. The van der Waals surface area contributed by atoms with E-state index in [0.717, 1.165) is 19.4 Å². The molecule has 1 aromatic carbocycles. The minimum Gasteiger partial charge on any atom is -0.361 e. The first-order valence-electron chi connectivity index (χ1n) is 7.64. The van der Waals surface area contributed by atoms with Crippen molar-refractivity contribution >= 4 is 10.9 Å². The molecular weight excluding hydrogens is 258 g/mol. The molecule has 1 aliphatic rings. The highest BCUT2D eigenvalue weighted by molar-refractivity contribution is 5.83. The van der Waals surface area contributed by atoms with Crippen LogP contribution in [0.1, 0.15) is 29.3 Å². The van der Waals surface area contributed by atoms with Crippen molar-refractivity contribution in [3.63, 3.8) is 0 Å². The Kier molecular flexibility index (Phi) is 3.20. The average Bonchev–Trinajstić information content (AvgIpc) is 3.13. The van der Waals surface area contributed by atoms with E-state index in [1.807, 2.05) is 12.3 Å². The molecule has 2 heterocycles. The number of aromatic amines is 1. The first-order chi connectivity index (χ1) is 10.4. The predicted octanol–water partition coefficient (Wildman–Crippen LogP) is 3.38. The van der Waals surface area contributed by atoms with Gasteiger partial charge in [0.05, 0.1) is 11.7 Å². The Balaban J connectivity index is 1.42. The van der Waals surface area contributed by atoms with Gasteiger partial charge in [-0.2, -0.15) is 0 Å². The van der Waals surface area contributed by atoms with Gasteiger partial charge in [0, 0.05) is 23.3 Å². The summed E-state index contributed by atoms with van der Waals surface area (Å²) in [4.78, 5) is 7.88. The third-order valence-electron chi connectivity index (χ3n) is 4.42. The molecule has 2 aromatic heterocycles. The zero-order valence-electron chi connectivity index (χ0n) is 12.0. The van der Waals surface area contributed by atoms with E-state index in [-0.39, 0.29) is 0 Å². The largest absolute Gasteiger partial charge is 0.361 e. The van der Waals surface area contributed by atoms with Crippen LogP contribution in [0.15, 0.2) is 48.8 Å². The Morgan fingerprint density at radius 2 is 2.14 bits per heavy atom. The summed E-state index contributed by atoms with van der Waals surface area (Å²) in [5.41, 5.74) is 5.26. The quantitative estimate of drug-likeness (QED) is 0.767. The second-order valence-electron chi connectivity index (χ2n) is 5.70. The number of rotatable bonds is 4. The lowest BCUT2D eigenvalue weighted by Crippen LogP contribution is -2.22. The number of pyridine rings is 1. The smallest absolute Gasteiger partial charge is 0.0605 e. The van der Waals surface area contributed by atoms with Gasteiger partial charge in [0.25, 0.3) is 0 Å². The normalized spacial score (nSPS) is 17.2. The lowest BCUT2D eigenvalue weighted by Gasteiger charge is -2.12. The van der Waals surface area contributed by atoms with Gasteiger partial charge in [0.1, 0.15) is 0 Å². The molecule has 3 aromatic rings. The van der Waals surface area contributed by atoms with Crippen LogP contribution in [0.4, 0.5) is 0 Å². The van der Waals surface area contributed by atoms with Crippen LogP contribution < -0.4 is 5.32 Å². The number of hydrogen-bond acceptors (Lipinski definition) is 2. The van der Waals surface area contributed by atoms with Crippen LogP contribution in [-0.2, 0) is 12.8 Å². The molecule has 0 radical (unpaired) electrons. The predicted molar refractivity (Wildman–Crippen MR) is 85.3 cm³/mol. The highest BCUT2D eigenvalue weighted by atomic mass is 14.9. The third kappa shape index (κ3) is 2.34. The van der Waals surface area contributed by atoms with Gasteiger partial charge >= 0.3 is 0 Å². The molecule has 1 unspecified atom stereocenters. The average molecular weight is 277 g/mol. The number of fused-ring (bicyclic) bond motifs is 2. The molecule has 21 heavy (non-hydrogen) atoms. The fraction of sp³-hybridized carbons (Fsp3) is 0.278. The van der Waals surface area contributed by atoms with Crippen molar-refractivity contribution in [2.24, 2.45) is 0 Å². The molecular formula is C18H19N3. The second kappa shape index (κ2) is 5.34. The van der Waals surface area contributed by atoms with E-state index in [1.54, 1.807) is 0 Å². The van der Waals surface area contributed by atoms with E-state index in [1.165, 1.54) is 34.1 Å². The van der Waals surface area contributed by atoms with Gasteiger partial charge in [-0.1, -0.05) is 24.3 Å². The van der Waals surface area contributed by atoms with Crippen molar-refractivity contribution in [3.8, 4) is 0 Å². The zero-order chi connectivity index (χ0) is 14.1. The van der Waals surface area contributed by atoms with Gasteiger partial charge in [0.15, 0.2) is 0 Å². The van der Waals surface area contributed by atoms with Crippen LogP contribution in [0, 0.1) is 0 Å². The van der Waals surface area contributed by atoms with E-state index < -0.39 is 0 Å². The van der Waals surface area contributed by atoms with Crippen molar-refractivity contribution in [1.29, 1.82) is 0 Å². The van der Waals surface area contributed by atoms with Crippen molar-refractivity contribution < 1.29 is 0 Å². The lowest BCUT2D eigenvalue weighted by atomic mass is 10.1. The van der Waals surface area contributed by atoms with Crippen molar-refractivity contribution in [3.05, 3.63) is 65.6 Å². The summed E-state index contributed by atoms with van der Waals surface area (Å²) in [7, 11) is 0. The third-order valence-corrected chi connectivity index (χ3v) is 4.42. The van der Waals surface area contributed by atoms with E-state index in [0.29, 0.717) is 6.04 Å². The van der Waals surface area contributed by atoms with Gasteiger partial charge in [-0.15, -0.1) is 0 Å². The number of hydrogen-bond donors (Lipinski definition) is 2. The van der Waals surface area contributed by atoms with Crippen LogP contribution in [0.25, 0.3) is 10.9 Å². The Labute approximate surface area is 124 Å². The van der Waals surface area contributed by atoms with Crippen molar-refractivity contribution in [2.45, 2.75) is 25.3 Å². The Bertz CT molecular complexity index is 760. The number of aromatic nitrogens is 2. The highest BCUT2D eigenvalue weighted by Crippen LogP contribution is 2.28. The maximum Gasteiger partial charge on any atom is 0.0605 e. The van der Waals surface area contributed by atoms with Gasteiger partial charge < -0.3 is 10.3 Å². The number of aryl methyl sites for hydroxylation is 1. The molecule has 3 heteroatoms. The van der Waals surface area contributed by atoms with Gasteiger partial charge in [0.2, 0.25) is 0 Å². The van der Waals surface area contributed by atoms with E-state index in [4.69, 9.17) is 0 Å². The summed E-state index contributed by atoms with van der Waals surface area (Å²) >= 11 is 0.